The summed E-state index contributed by atoms with van der Waals surface area (Å²) in [5.74, 6) is -0.354. The number of β-lactam (4-membered cyclic amide) rings is 1. The van der Waals surface area contributed by atoms with E-state index in [1.165, 1.54) is 24.3 Å². The standard InChI is InChI=1S/C17H20N2O3S/c1-11(10-14(20)22-2)18-15-16(21)19-9-8-12-6-4-5-7-13(12)17(15,19)23-3/h4-7,10,15,18H,8-9H2,1-3H3. The molecule has 0 bridgehead atoms. The van der Waals surface area contributed by atoms with Crippen molar-refractivity contribution in [1.82, 2.24) is 10.2 Å². The molecule has 1 N–H and O–H groups in total. The summed E-state index contributed by atoms with van der Waals surface area (Å²) in [7, 11) is 1.34. The lowest BCUT2D eigenvalue weighted by Crippen LogP contribution is -2.76. The van der Waals surface area contributed by atoms with Crippen LogP contribution in [0.5, 0.6) is 0 Å². The smallest absolute Gasteiger partial charge is 0.332 e. The number of hydrogen-bond acceptors (Lipinski definition) is 5. The zero-order chi connectivity index (χ0) is 16.6. The van der Waals surface area contributed by atoms with Gasteiger partial charge in [0.25, 0.3) is 0 Å². The molecule has 1 aromatic carbocycles. The summed E-state index contributed by atoms with van der Waals surface area (Å²) in [4.78, 5) is 25.5. The van der Waals surface area contributed by atoms with Crippen LogP contribution in [0, 0.1) is 0 Å². The molecule has 2 aliphatic rings. The molecule has 6 heteroatoms. The third-order valence-electron chi connectivity index (χ3n) is 4.53. The first-order valence-corrected chi connectivity index (χ1v) is 8.75. The molecule has 0 aliphatic carbocycles. The summed E-state index contributed by atoms with van der Waals surface area (Å²) in [6.45, 7) is 2.50. The highest BCUT2D eigenvalue weighted by Gasteiger charge is 2.62. The summed E-state index contributed by atoms with van der Waals surface area (Å²) in [5.41, 5.74) is 3.10. The van der Waals surface area contributed by atoms with Gasteiger partial charge in [0.15, 0.2) is 0 Å². The second kappa shape index (κ2) is 5.92. The van der Waals surface area contributed by atoms with Crippen molar-refractivity contribution in [1.29, 1.82) is 0 Å². The molecule has 3 rings (SSSR count). The fraction of sp³-hybridized carbons (Fsp3) is 0.412. The van der Waals surface area contributed by atoms with Gasteiger partial charge in [-0.2, -0.15) is 0 Å². The third-order valence-corrected chi connectivity index (χ3v) is 5.83. The number of allylic oxidation sites excluding steroid dienone is 1. The third kappa shape index (κ3) is 2.32. The number of fused-ring (bicyclic) bond motifs is 3. The lowest BCUT2D eigenvalue weighted by molar-refractivity contribution is -0.155. The first-order chi connectivity index (χ1) is 11.0. The molecule has 5 nitrogen and oxygen atoms in total. The summed E-state index contributed by atoms with van der Waals surface area (Å²) in [6, 6.07) is 7.89. The minimum Gasteiger partial charge on any atom is -0.466 e. The van der Waals surface area contributed by atoms with Crippen LogP contribution in [0.2, 0.25) is 0 Å². The fourth-order valence-electron chi connectivity index (χ4n) is 3.48. The molecule has 0 spiro atoms. The Balaban J connectivity index is 1.95. The van der Waals surface area contributed by atoms with Crippen LogP contribution in [0.4, 0.5) is 0 Å². The maximum absolute atomic E-state index is 12.6. The Morgan fingerprint density at radius 1 is 1.48 bits per heavy atom. The number of esters is 1. The van der Waals surface area contributed by atoms with Crippen molar-refractivity contribution in [2.75, 3.05) is 19.9 Å². The number of rotatable bonds is 4. The van der Waals surface area contributed by atoms with Gasteiger partial charge in [0, 0.05) is 18.3 Å². The molecule has 2 aliphatic heterocycles. The van der Waals surface area contributed by atoms with Crippen LogP contribution in [0.25, 0.3) is 0 Å². The van der Waals surface area contributed by atoms with Gasteiger partial charge in [-0.15, -0.1) is 11.8 Å². The summed E-state index contributed by atoms with van der Waals surface area (Å²) in [5, 5.41) is 3.21. The molecule has 23 heavy (non-hydrogen) atoms. The molecule has 1 amide bonds. The molecule has 2 atom stereocenters. The molecule has 2 heterocycles. The van der Waals surface area contributed by atoms with E-state index in [1.54, 1.807) is 18.7 Å². The van der Waals surface area contributed by atoms with Crippen molar-refractivity contribution in [2.24, 2.45) is 0 Å². The summed E-state index contributed by atoms with van der Waals surface area (Å²) < 4.78 is 4.64. The van der Waals surface area contributed by atoms with E-state index in [2.05, 4.69) is 22.2 Å². The Bertz CT molecular complexity index is 688. The van der Waals surface area contributed by atoms with Crippen LogP contribution in [-0.4, -0.2) is 42.7 Å². The molecule has 1 aromatic rings. The van der Waals surface area contributed by atoms with Crippen molar-refractivity contribution in [3.63, 3.8) is 0 Å². The number of amides is 1. The van der Waals surface area contributed by atoms with Gasteiger partial charge < -0.3 is 15.0 Å². The molecular formula is C17H20N2O3S. The van der Waals surface area contributed by atoms with Crippen molar-refractivity contribution in [3.05, 3.63) is 47.2 Å². The van der Waals surface area contributed by atoms with Gasteiger partial charge in [0.05, 0.1) is 7.11 Å². The molecule has 122 valence electrons. The van der Waals surface area contributed by atoms with Gasteiger partial charge in [0.1, 0.15) is 10.9 Å². The van der Waals surface area contributed by atoms with E-state index < -0.39 is 10.8 Å². The summed E-state index contributed by atoms with van der Waals surface area (Å²) in [6.07, 6.45) is 4.28. The van der Waals surface area contributed by atoms with Gasteiger partial charge in [-0.25, -0.2) is 4.79 Å². The Labute approximate surface area is 140 Å². The zero-order valence-electron chi connectivity index (χ0n) is 13.5. The van der Waals surface area contributed by atoms with Gasteiger partial charge in [0.2, 0.25) is 5.91 Å². The topological polar surface area (TPSA) is 58.6 Å². The van der Waals surface area contributed by atoms with E-state index in [-0.39, 0.29) is 11.9 Å². The fourth-order valence-corrected chi connectivity index (χ4v) is 4.69. The lowest BCUT2D eigenvalue weighted by Gasteiger charge is -2.59. The van der Waals surface area contributed by atoms with E-state index >= 15 is 0 Å². The second-order valence-electron chi connectivity index (χ2n) is 5.73. The highest BCUT2D eigenvalue weighted by Crippen LogP contribution is 2.52. The molecule has 1 saturated heterocycles. The average Bonchev–Trinajstić information content (AvgIpc) is 2.57. The van der Waals surface area contributed by atoms with E-state index in [0.717, 1.165) is 13.0 Å². The normalized spacial score (nSPS) is 26.0. The van der Waals surface area contributed by atoms with Gasteiger partial charge >= 0.3 is 5.97 Å². The highest BCUT2D eigenvalue weighted by molar-refractivity contribution is 7.99. The first kappa shape index (κ1) is 15.9. The number of nitrogens with one attached hydrogen (secondary N) is 1. The predicted molar refractivity (Wildman–Crippen MR) is 89.7 cm³/mol. The number of methoxy groups -OCH3 is 1. The van der Waals surface area contributed by atoms with Crippen molar-refractivity contribution in [2.45, 2.75) is 24.3 Å². The molecule has 0 aromatic heterocycles. The van der Waals surface area contributed by atoms with Crippen molar-refractivity contribution < 1.29 is 14.3 Å². The van der Waals surface area contributed by atoms with Crippen LogP contribution in [-0.2, 0) is 25.6 Å². The maximum atomic E-state index is 12.6. The van der Waals surface area contributed by atoms with E-state index in [0.29, 0.717) is 5.70 Å². The SMILES string of the molecule is COC(=O)C=C(C)NC1C(=O)N2CCc3ccccc3C12SC. The Morgan fingerprint density at radius 2 is 2.22 bits per heavy atom. The van der Waals surface area contributed by atoms with Crippen LogP contribution >= 0.6 is 11.8 Å². The predicted octanol–water partition coefficient (Wildman–Crippen LogP) is 1.64. The van der Waals surface area contributed by atoms with E-state index in [1.807, 2.05) is 23.3 Å². The van der Waals surface area contributed by atoms with E-state index in [4.69, 9.17) is 0 Å². The minimum absolute atomic E-state index is 0.0754. The molecule has 1 fully saturated rings. The Morgan fingerprint density at radius 3 is 2.91 bits per heavy atom. The highest BCUT2D eigenvalue weighted by atomic mass is 32.2. The van der Waals surface area contributed by atoms with Crippen LogP contribution in [0.3, 0.4) is 0 Å². The van der Waals surface area contributed by atoms with Crippen molar-refractivity contribution >= 4 is 23.6 Å². The Kier molecular flexibility index (Phi) is 4.10. The number of hydrogen-bond donors (Lipinski definition) is 1. The largest absolute Gasteiger partial charge is 0.466 e. The number of nitrogens with zero attached hydrogens (tertiary/aromatic N) is 1. The first-order valence-electron chi connectivity index (χ1n) is 7.52. The molecule has 0 saturated carbocycles. The molecule has 2 unspecified atom stereocenters. The second-order valence-corrected chi connectivity index (χ2v) is 6.76. The maximum Gasteiger partial charge on any atom is 0.332 e. The minimum atomic E-state index is -0.430. The van der Waals surface area contributed by atoms with Crippen LogP contribution in [0.15, 0.2) is 36.0 Å². The van der Waals surface area contributed by atoms with Crippen molar-refractivity contribution in [3.8, 4) is 0 Å². The van der Waals surface area contributed by atoms with Crippen LogP contribution in [0.1, 0.15) is 18.1 Å². The number of thioether (sulfide) groups is 1. The number of benzene rings is 1. The molecular weight excluding hydrogens is 312 g/mol. The Hall–Kier alpha value is -1.95. The monoisotopic (exact) mass is 332 g/mol. The van der Waals surface area contributed by atoms with E-state index in [9.17, 15) is 9.59 Å². The van der Waals surface area contributed by atoms with Gasteiger partial charge in [-0.05, 0) is 30.7 Å². The van der Waals surface area contributed by atoms with Gasteiger partial charge in [-0.1, -0.05) is 24.3 Å². The zero-order valence-corrected chi connectivity index (χ0v) is 14.3. The molecule has 0 radical (unpaired) electrons. The number of carbonyl (C=O) groups excluding carboxylic acids is 2. The number of carbonyl (C=O) groups is 2. The average molecular weight is 332 g/mol. The van der Waals surface area contributed by atoms with Gasteiger partial charge in [-0.3, -0.25) is 4.79 Å². The number of ether oxygens (including phenoxy) is 1. The quantitative estimate of drug-likeness (QED) is 0.516. The lowest BCUT2D eigenvalue weighted by atomic mass is 9.80. The van der Waals surface area contributed by atoms with Crippen LogP contribution < -0.4 is 5.32 Å². The summed E-state index contributed by atoms with van der Waals surface area (Å²) >= 11 is 1.66.